The third-order valence-corrected chi connectivity index (χ3v) is 3.04. The number of hydrogen-bond donors (Lipinski definition) is 0. The first-order chi connectivity index (χ1) is 8.73. The van der Waals surface area contributed by atoms with Gasteiger partial charge in [0, 0.05) is 28.4 Å². The number of rotatable bonds is 6. The summed E-state index contributed by atoms with van der Waals surface area (Å²) in [6, 6.07) is 0. The van der Waals surface area contributed by atoms with Gasteiger partial charge in [-0.1, -0.05) is 0 Å². The van der Waals surface area contributed by atoms with E-state index >= 15 is 0 Å². The van der Waals surface area contributed by atoms with Gasteiger partial charge in [0.05, 0.1) is 11.8 Å². The van der Waals surface area contributed by atoms with E-state index in [1.54, 1.807) is 28.4 Å². The third kappa shape index (κ3) is 3.33. The Balaban J connectivity index is 2.95. The molecule has 5 atom stereocenters. The van der Waals surface area contributed by atoms with Crippen LogP contribution in [0.2, 0.25) is 0 Å². The minimum absolute atomic E-state index is 0.295. The minimum atomic E-state index is -0.566. The molecule has 6 nitrogen and oxygen atoms in total. The lowest BCUT2D eigenvalue weighted by molar-refractivity contribution is -0.247. The Hall–Kier alpha value is -0.400. The molecule has 0 aromatic heterocycles. The highest BCUT2D eigenvalue weighted by molar-refractivity contribution is 7.78. The molecule has 1 aliphatic rings. The van der Waals surface area contributed by atoms with Gasteiger partial charge in [-0.05, 0) is 12.2 Å². The average molecular weight is 277 g/mol. The van der Waals surface area contributed by atoms with Crippen LogP contribution in [0.25, 0.3) is 0 Å². The Kier molecular flexibility index (Phi) is 6.88. The molecule has 0 N–H and O–H groups in total. The number of aliphatic imine (C=N–C) groups is 1. The van der Waals surface area contributed by atoms with Crippen LogP contribution >= 0.6 is 12.2 Å². The molecule has 0 radical (unpaired) electrons. The van der Waals surface area contributed by atoms with Crippen molar-refractivity contribution in [3.63, 3.8) is 0 Å². The van der Waals surface area contributed by atoms with Crippen LogP contribution in [0.4, 0.5) is 0 Å². The lowest BCUT2D eigenvalue weighted by Gasteiger charge is -2.43. The second-order valence-electron chi connectivity index (χ2n) is 3.84. The summed E-state index contributed by atoms with van der Waals surface area (Å²) in [5.41, 5.74) is 0. The third-order valence-electron chi connectivity index (χ3n) is 2.94. The standard InChI is InChI=1S/C11H19NO5S/c1-13-5-7-8(14-2)9(15-3)10(16-4)11(17-7)12-6-18/h7-11H,5H2,1-4H3/t7-,8-,9+,10-,11-/m1/s1. The number of isothiocyanates is 1. The van der Waals surface area contributed by atoms with E-state index in [4.69, 9.17) is 23.7 Å². The molecule has 1 fully saturated rings. The number of methoxy groups -OCH3 is 4. The van der Waals surface area contributed by atoms with Crippen molar-refractivity contribution in [3.8, 4) is 0 Å². The summed E-state index contributed by atoms with van der Waals surface area (Å²) in [5.74, 6) is 0. The maximum Gasteiger partial charge on any atom is 0.187 e. The molecule has 1 heterocycles. The predicted molar refractivity (Wildman–Crippen MR) is 68.0 cm³/mol. The lowest BCUT2D eigenvalue weighted by Crippen LogP contribution is -2.60. The van der Waals surface area contributed by atoms with E-state index in [0.717, 1.165) is 0 Å². The zero-order valence-corrected chi connectivity index (χ0v) is 11.8. The smallest absolute Gasteiger partial charge is 0.187 e. The van der Waals surface area contributed by atoms with E-state index in [9.17, 15) is 0 Å². The molecule has 0 saturated carbocycles. The van der Waals surface area contributed by atoms with Crippen molar-refractivity contribution in [2.24, 2.45) is 4.99 Å². The van der Waals surface area contributed by atoms with Gasteiger partial charge in [-0.15, -0.1) is 0 Å². The molecule has 18 heavy (non-hydrogen) atoms. The minimum Gasteiger partial charge on any atom is -0.382 e. The summed E-state index contributed by atoms with van der Waals surface area (Å²) in [6.45, 7) is 0.373. The molecular formula is C11H19NO5S. The van der Waals surface area contributed by atoms with Gasteiger partial charge in [0.15, 0.2) is 6.23 Å². The zero-order chi connectivity index (χ0) is 13.5. The van der Waals surface area contributed by atoms with Crippen molar-refractivity contribution in [2.45, 2.75) is 30.6 Å². The summed E-state index contributed by atoms with van der Waals surface area (Å²) >= 11 is 4.61. The Labute approximate surface area is 112 Å². The monoisotopic (exact) mass is 277 g/mol. The molecule has 0 unspecified atom stereocenters. The molecule has 1 rings (SSSR count). The van der Waals surface area contributed by atoms with Crippen LogP contribution in [-0.2, 0) is 23.7 Å². The van der Waals surface area contributed by atoms with Crippen molar-refractivity contribution >= 4 is 17.4 Å². The maximum absolute atomic E-state index is 5.76. The van der Waals surface area contributed by atoms with E-state index in [2.05, 4.69) is 22.4 Å². The number of ether oxygens (including phenoxy) is 5. The number of hydrogen-bond acceptors (Lipinski definition) is 7. The first kappa shape index (κ1) is 15.7. The summed E-state index contributed by atoms with van der Waals surface area (Å²) in [7, 11) is 6.35. The highest BCUT2D eigenvalue weighted by Crippen LogP contribution is 2.27. The van der Waals surface area contributed by atoms with Crippen LogP contribution in [0.15, 0.2) is 4.99 Å². The highest BCUT2D eigenvalue weighted by Gasteiger charge is 2.47. The average Bonchev–Trinajstić information content (AvgIpc) is 2.38. The molecule has 0 aliphatic carbocycles. The highest BCUT2D eigenvalue weighted by atomic mass is 32.1. The topological polar surface area (TPSA) is 58.5 Å². The quantitative estimate of drug-likeness (QED) is 0.521. The van der Waals surface area contributed by atoms with Crippen molar-refractivity contribution < 1.29 is 23.7 Å². The van der Waals surface area contributed by atoms with Crippen LogP contribution in [0.1, 0.15) is 0 Å². The fraction of sp³-hybridized carbons (Fsp3) is 0.909. The van der Waals surface area contributed by atoms with E-state index in [1.165, 1.54) is 0 Å². The van der Waals surface area contributed by atoms with Crippen molar-refractivity contribution in [2.75, 3.05) is 35.0 Å². The predicted octanol–water partition coefficient (Wildman–Crippen LogP) is 0.505. The Morgan fingerprint density at radius 3 is 2.11 bits per heavy atom. The van der Waals surface area contributed by atoms with E-state index in [1.807, 2.05) is 0 Å². The Morgan fingerprint density at radius 2 is 1.67 bits per heavy atom. The summed E-state index contributed by atoms with van der Waals surface area (Å²) in [5, 5.41) is 2.31. The summed E-state index contributed by atoms with van der Waals surface area (Å²) < 4.78 is 27.1. The number of thiocarbonyl (C=S) groups is 1. The molecule has 0 bridgehead atoms. The zero-order valence-electron chi connectivity index (χ0n) is 11.0. The van der Waals surface area contributed by atoms with Crippen molar-refractivity contribution in [1.82, 2.24) is 0 Å². The molecule has 7 heteroatoms. The Morgan fingerprint density at radius 1 is 1.06 bits per heavy atom. The van der Waals surface area contributed by atoms with Crippen LogP contribution in [0.5, 0.6) is 0 Å². The van der Waals surface area contributed by atoms with Gasteiger partial charge in [-0.2, -0.15) is 4.99 Å². The molecule has 0 aromatic carbocycles. The summed E-state index contributed by atoms with van der Waals surface area (Å²) in [4.78, 5) is 3.96. The molecule has 1 saturated heterocycles. The molecular weight excluding hydrogens is 258 g/mol. The second-order valence-corrected chi connectivity index (χ2v) is 4.02. The van der Waals surface area contributed by atoms with Crippen molar-refractivity contribution in [1.29, 1.82) is 0 Å². The van der Waals surface area contributed by atoms with E-state index < -0.39 is 12.3 Å². The van der Waals surface area contributed by atoms with Crippen LogP contribution < -0.4 is 0 Å². The molecule has 0 amide bonds. The van der Waals surface area contributed by atoms with Crippen molar-refractivity contribution in [3.05, 3.63) is 0 Å². The van der Waals surface area contributed by atoms with Gasteiger partial charge in [0.1, 0.15) is 24.4 Å². The van der Waals surface area contributed by atoms with Crippen LogP contribution in [0, 0.1) is 0 Å². The number of nitrogens with zero attached hydrogens (tertiary/aromatic N) is 1. The first-order valence-electron chi connectivity index (χ1n) is 5.53. The van der Waals surface area contributed by atoms with Gasteiger partial charge in [-0.25, -0.2) is 0 Å². The van der Waals surface area contributed by atoms with E-state index in [0.29, 0.717) is 6.61 Å². The fourth-order valence-corrected chi connectivity index (χ4v) is 2.26. The SMILES string of the molecule is COC[C@H]1O[C@@H](N=C=S)[C@H](OC)[C@@H](OC)[C@@H]1OC. The second kappa shape index (κ2) is 7.91. The van der Waals surface area contributed by atoms with Gasteiger partial charge in [-0.3, -0.25) is 0 Å². The van der Waals surface area contributed by atoms with Gasteiger partial charge < -0.3 is 23.7 Å². The molecule has 104 valence electrons. The summed E-state index contributed by atoms with van der Waals surface area (Å²) in [6.07, 6.45) is -1.87. The van der Waals surface area contributed by atoms with Gasteiger partial charge in [0.2, 0.25) is 0 Å². The van der Waals surface area contributed by atoms with Gasteiger partial charge >= 0.3 is 0 Å². The van der Waals surface area contributed by atoms with Crippen LogP contribution in [-0.4, -0.2) is 70.9 Å². The maximum atomic E-state index is 5.76. The molecule has 1 aliphatic heterocycles. The normalized spacial score (nSPS) is 36.1. The molecule has 0 aromatic rings. The fourth-order valence-electron chi connectivity index (χ4n) is 2.15. The lowest BCUT2D eigenvalue weighted by atomic mass is 9.98. The molecule has 0 spiro atoms. The van der Waals surface area contributed by atoms with Gasteiger partial charge in [0.25, 0.3) is 0 Å². The van der Waals surface area contributed by atoms with E-state index in [-0.39, 0.29) is 18.3 Å². The van der Waals surface area contributed by atoms with Crippen LogP contribution in [0.3, 0.4) is 0 Å². The Bertz CT molecular complexity index is 297. The largest absolute Gasteiger partial charge is 0.382 e. The first-order valence-corrected chi connectivity index (χ1v) is 5.94.